The third-order valence-corrected chi connectivity index (χ3v) is 7.79. The predicted molar refractivity (Wildman–Crippen MR) is 182 cm³/mol. The van der Waals surface area contributed by atoms with E-state index in [1.807, 2.05) is 24.3 Å². The summed E-state index contributed by atoms with van der Waals surface area (Å²) in [6, 6.07) is 25.4. The molecule has 20 heteroatoms. The van der Waals surface area contributed by atoms with Crippen LogP contribution >= 0.6 is 0 Å². The van der Waals surface area contributed by atoms with Gasteiger partial charge in [-0.15, -0.1) is 46.7 Å². The first-order valence-corrected chi connectivity index (χ1v) is 16.3. The Kier molecular flexibility index (Phi) is 10.7. The fourth-order valence-electron chi connectivity index (χ4n) is 5.31. The van der Waals surface area contributed by atoms with Crippen molar-refractivity contribution in [3.8, 4) is 34.4 Å². The van der Waals surface area contributed by atoms with Crippen molar-refractivity contribution in [3.05, 3.63) is 133 Å². The van der Waals surface area contributed by atoms with Crippen molar-refractivity contribution in [1.29, 1.82) is 0 Å². The summed E-state index contributed by atoms with van der Waals surface area (Å²) in [7, 11) is 0. The maximum absolute atomic E-state index is 12.2. The molecule has 6 aromatic rings. The second-order valence-electron chi connectivity index (χ2n) is 11.7. The lowest BCUT2D eigenvalue weighted by molar-refractivity contribution is -0.275. The summed E-state index contributed by atoms with van der Waals surface area (Å²) in [6.07, 6.45) is -3.39. The quantitative estimate of drug-likeness (QED) is 0.139. The van der Waals surface area contributed by atoms with E-state index in [0.29, 0.717) is 47.3 Å². The van der Waals surface area contributed by atoms with Gasteiger partial charge in [-0.3, -0.25) is 9.13 Å². The average Bonchev–Trinajstić information content (AvgIpc) is 4.01. The monoisotopic (exact) mass is 780 g/mol. The van der Waals surface area contributed by atoms with Crippen molar-refractivity contribution in [2.75, 3.05) is 0 Å². The van der Waals surface area contributed by atoms with E-state index in [2.05, 4.69) is 40.2 Å². The van der Waals surface area contributed by atoms with Crippen molar-refractivity contribution in [2.45, 2.75) is 37.8 Å². The molecule has 0 aliphatic carbocycles. The summed E-state index contributed by atoms with van der Waals surface area (Å²) in [5.74, 6) is 1.25. The SMILES string of the molecule is FC(F)(F)Oc1ccc([C@@H]2CC(Oc3cccc(-n4cnnc4)c3)=NO2)cc1.FC(F)(F)Oc1ccc([C@H]2CC(Oc3cccc(-n4cnnc4)c3)=NO2)cc1. The van der Waals surface area contributed by atoms with E-state index in [-0.39, 0.29) is 11.5 Å². The Hall–Kier alpha value is -7.12. The number of ether oxygens (including phenoxy) is 4. The van der Waals surface area contributed by atoms with Gasteiger partial charge in [-0.25, -0.2) is 0 Å². The number of rotatable bonds is 8. The number of hydrogen-bond acceptors (Lipinski definition) is 12. The number of aromatic nitrogens is 6. The number of nitrogens with zero attached hydrogens (tertiary/aromatic N) is 8. The van der Waals surface area contributed by atoms with Crippen LogP contribution < -0.4 is 18.9 Å². The zero-order chi connectivity index (χ0) is 39.1. The van der Waals surface area contributed by atoms with Gasteiger partial charge in [-0.1, -0.05) is 46.7 Å². The van der Waals surface area contributed by atoms with Crippen LogP contribution in [-0.4, -0.2) is 54.0 Å². The maximum atomic E-state index is 12.2. The van der Waals surface area contributed by atoms with E-state index in [4.69, 9.17) is 19.1 Å². The molecule has 0 spiro atoms. The molecule has 4 heterocycles. The third kappa shape index (κ3) is 10.1. The first-order chi connectivity index (χ1) is 26.9. The molecule has 2 aliphatic heterocycles. The largest absolute Gasteiger partial charge is 0.573 e. The maximum Gasteiger partial charge on any atom is 0.573 e. The van der Waals surface area contributed by atoms with Crippen LogP contribution in [0.5, 0.6) is 23.0 Å². The van der Waals surface area contributed by atoms with Crippen molar-refractivity contribution in [2.24, 2.45) is 10.3 Å². The van der Waals surface area contributed by atoms with Gasteiger partial charge in [-0.2, -0.15) is 0 Å². The van der Waals surface area contributed by atoms with Crippen LogP contribution in [0.4, 0.5) is 26.3 Å². The molecule has 0 bridgehead atoms. The molecular formula is C36H26F6N8O6. The highest BCUT2D eigenvalue weighted by molar-refractivity contribution is 5.80. The minimum atomic E-state index is -4.73. The Balaban J connectivity index is 0.000000172. The second-order valence-corrected chi connectivity index (χ2v) is 11.7. The van der Waals surface area contributed by atoms with E-state index >= 15 is 0 Å². The molecule has 8 rings (SSSR count). The molecule has 0 saturated heterocycles. The minimum Gasteiger partial charge on any atom is -0.440 e. The van der Waals surface area contributed by atoms with Crippen molar-refractivity contribution >= 4 is 11.8 Å². The number of alkyl halides is 6. The smallest absolute Gasteiger partial charge is 0.440 e. The van der Waals surface area contributed by atoms with Crippen LogP contribution in [0.15, 0.2) is 133 Å². The molecule has 2 aliphatic rings. The lowest BCUT2D eigenvalue weighted by atomic mass is 10.1. The molecular weight excluding hydrogens is 754 g/mol. The van der Waals surface area contributed by atoms with Crippen molar-refractivity contribution < 1.29 is 55.0 Å². The molecule has 0 N–H and O–H groups in total. The van der Waals surface area contributed by atoms with Crippen LogP contribution in [-0.2, 0) is 9.68 Å². The molecule has 2 atom stereocenters. The van der Waals surface area contributed by atoms with Gasteiger partial charge in [0.15, 0.2) is 12.2 Å². The molecule has 288 valence electrons. The van der Waals surface area contributed by atoms with Gasteiger partial charge >= 0.3 is 12.7 Å². The molecule has 14 nitrogen and oxygen atoms in total. The topological polar surface area (TPSA) is 142 Å². The van der Waals surface area contributed by atoms with Crippen LogP contribution in [0.3, 0.4) is 0 Å². The Bertz CT molecular complexity index is 2110. The highest BCUT2D eigenvalue weighted by Gasteiger charge is 2.32. The van der Waals surface area contributed by atoms with Gasteiger partial charge in [0.1, 0.15) is 48.3 Å². The fraction of sp³-hybridized carbons (Fsp3) is 0.167. The van der Waals surface area contributed by atoms with Crippen LogP contribution in [0.2, 0.25) is 0 Å². The summed E-state index contributed by atoms with van der Waals surface area (Å²) >= 11 is 0. The molecule has 56 heavy (non-hydrogen) atoms. The molecule has 0 radical (unpaired) electrons. The number of halogens is 6. The zero-order valence-electron chi connectivity index (χ0n) is 28.4. The highest BCUT2D eigenvalue weighted by Crippen LogP contribution is 2.33. The Morgan fingerprint density at radius 3 is 1.23 bits per heavy atom. The van der Waals surface area contributed by atoms with Crippen molar-refractivity contribution in [3.63, 3.8) is 0 Å². The normalized spacial score (nSPS) is 16.4. The number of benzene rings is 4. The van der Waals surface area contributed by atoms with Gasteiger partial charge in [0.2, 0.25) is 11.8 Å². The molecule has 2 aromatic heterocycles. The second kappa shape index (κ2) is 16.1. The number of hydrogen-bond donors (Lipinski definition) is 0. The molecule has 0 saturated carbocycles. The van der Waals surface area contributed by atoms with Crippen molar-refractivity contribution in [1.82, 2.24) is 29.5 Å². The lowest BCUT2D eigenvalue weighted by Gasteiger charge is -2.11. The van der Waals surface area contributed by atoms with Gasteiger partial charge in [-0.05, 0) is 59.7 Å². The van der Waals surface area contributed by atoms with E-state index in [1.54, 1.807) is 58.7 Å². The first kappa shape index (κ1) is 37.2. The molecule has 4 aromatic carbocycles. The van der Waals surface area contributed by atoms with Crippen LogP contribution in [0.1, 0.15) is 36.2 Å². The summed E-state index contributed by atoms with van der Waals surface area (Å²) < 4.78 is 96.1. The average molecular weight is 781 g/mol. The van der Waals surface area contributed by atoms with Gasteiger partial charge in [0, 0.05) is 12.1 Å². The van der Waals surface area contributed by atoms with Crippen LogP contribution in [0.25, 0.3) is 11.4 Å². The summed E-state index contributed by atoms with van der Waals surface area (Å²) in [5.41, 5.74) is 2.96. The van der Waals surface area contributed by atoms with Gasteiger partial charge < -0.3 is 28.6 Å². The lowest BCUT2D eigenvalue weighted by Crippen LogP contribution is -2.17. The summed E-state index contributed by atoms with van der Waals surface area (Å²) in [4.78, 5) is 10.7. The van der Waals surface area contributed by atoms with Gasteiger partial charge in [0.25, 0.3) is 0 Å². The molecule has 0 amide bonds. The van der Waals surface area contributed by atoms with E-state index in [9.17, 15) is 26.3 Å². The van der Waals surface area contributed by atoms with E-state index < -0.39 is 24.9 Å². The Labute approximate surface area is 312 Å². The van der Waals surface area contributed by atoms with Crippen LogP contribution in [0, 0.1) is 0 Å². The molecule has 0 fully saturated rings. The zero-order valence-corrected chi connectivity index (χ0v) is 28.4. The van der Waals surface area contributed by atoms with E-state index in [0.717, 1.165) is 11.4 Å². The molecule has 0 unspecified atom stereocenters. The van der Waals surface area contributed by atoms with Gasteiger partial charge in [0.05, 0.1) is 24.2 Å². The highest BCUT2D eigenvalue weighted by atomic mass is 19.4. The summed E-state index contributed by atoms with van der Waals surface area (Å²) in [5, 5.41) is 22.9. The first-order valence-electron chi connectivity index (χ1n) is 16.3. The summed E-state index contributed by atoms with van der Waals surface area (Å²) in [6.45, 7) is 0. The Morgan fingerprint density at radius 1 is 0.500 bits per heavy atom. The minimum absolute atomic E-state index is 0.294. The Morgan fingerprint density at radius 2 is 0.875 bits per heavy atom. The predicted octanol–water partition coefficient (Wildman–Crippen LogP) is 8.04. The third-order valence-electron chi connectivity index (χ3n) is 7.79. The fourth-order valence-corrected chi connectivity index (χ4v) is 5.31. The standard InChI is InChI=1S/2C18H13F3N4O3/c2*19-18(20,21)27-14-6-4-12(5-7-14)16-9-17(24-28-16)26-15-3-1-2-13(8-15)25-10-22-23-11-25/h2*1-8,10-11,16H,9H2/t2*16-/m10/s1. The van der Waals surface area contributed by atoms with E-state index in [1.165, 1.54) is 48.5 Å². The number of oxime groups is 2.